The van der Waals surface area contributed by atoms with E-state index < -0.39 is 11.4 Å². The van der Waals surface area contributed by atoms with Crippen molar-refractivity contribution < 1.29 is 24.1 Å². The summed E-state index contributed by atoms with van der Waals surface area (Å²) in [6, 6.07) is 8.40. The highest BCUT2D eigenvalue weighted by Gasteiger charge is 2.49. The summed E-state index contributed by atoms with van der Waals surface area (Å²) in [5.74, 6) is -0.365. The lowest BCUT2D eigenvalue weighted by Gasteiger charge is -2.39. The van der Waals surface area contributed by atoms with Crippen LogP contribution in [0.15, 0.2) is 45.8 Å². The summed E-state index contributed by atoms with van der Waals surface area (Å²) in [5.41, 5.74) is 7.85. The molecule has 0 aromatic heterocycles. The minimum atomic E-state index is -0.811. The lowest BCUT2D eigenvalue weighted by Crippen LogP contribution is -2.60. The molecule has 1 saturated heterocycles. The van der Waals surface area contributed by atoms with Crippen LogP contribution >= 0.6 is 0 Å². The van der Waals surface area contributed by atoms with E-state index in [2.05, 4.69) is 15.3 Å². The molecule has 168 valence electrons. The standard InChI is InChI=1S/C21H29N5O5/c1-20(2)30-12-15(31-20)11-29-18-24-17(22)16-21(3,25-18)26(19(23-16)28-4)9-13-5-7-14(10-27)8-6-13/h5-8,15,27H,9-12,22H2,1-4H3,(H,24,25). The second kappa shape index (κ2) is 8.03. The zero-order valence-corrected chi connectivity index (χ0v) is 18.2. The van der Waals surface area contributed by atoms with Crippen molar-refractivity contribution in [2.24, 2.45) is 15.7 Å². The van der Waals surface area contributed by atoms with Crippen molar-refractivity contribution in [3.05, 3.63) is 46.9 Å². The summed E-state index contributed by atoms with van der Waals surface area (Å²) in [7, 11) is 1.57. The van der Waals surface area contributed by atoms with Gasteiger partial charge in [0.2, 0.25) is 0 Å². The molecule has 0 spiro atoms. The molecule has 3 aliphatic rings. The molecule has 3 aliphatic heterocycles. The lowest BCUT2D eigenvalue weighted by atomic mass is 10.1. The van der Waals surface area contributed by atoms with E-state index in [0.717, 1.165) is 11.1 Å². The van der Waals surface area contributed by atoms with Gasteiger partial charge in [-0.15, -0.1) is 0 Å². The number of hydrogen-bond acceptors (Lipinski definition) is 10. The number of hydrogen-bond donors (Lipinski definition) is 3. The summed E-state index contributed by atoms with van der Waals surface area (Å²) in [6.07, 6.45) is -0.200. The maximum absolute atomic E-state index is 9.28. The fourth-order valence-corrected chi connectivity index (χ4v) is 3.82. The number of methoxy groups -OCH3 is 1. The highest BCUT2D eigenvalue weighted by molar-refractivity contribution is 5.85. The van der Waals surface area contributed by atoms with Gasteiger partial charge in [0, 0.05) is 0 Å². The Morgan fingerprint density at radius 3 is 2.55 bits per heavy atom. The molecule has 10 nitrogen and oxygen atoms in total. The maximum Gasteiger partial charge on any atom is 0.294 e. The van der Waals surface area contributed by atoms with E-state index in [1.54, 1.807) is 7.11 Å². The first-order chi connectivity index (χ1) is 14.7. The van der Waals surface area contributed by atoms with Gasteiger partial charge in [-0.05, 0) is 31.9 Å². The fraction of sp³-hybridized carbons (Fsp3) is 0.524. The van der Waals surface area contributed by atoms with E-state index in [4.69, 9.17) is 24.7 Å². The quantitative estimate of drug-likeness (QED) is 0.630. The summed E-state index contributed by atoms with van der Waals surface area (Å²) in [6.45, 7) is 6.90. The highest BCUT2D eigenvalue weighted by Crippen LogP contribution is 2.35. The van der Waals surface area contributed by atoms with Crippen LogP contribution in [0, 0.1) is 0 Å². The molecule has 0 aliphatic carbocycles. The van der Waals surface area contributed by atoms with E-state index in [-0.39, 0.29) is 31.2 Å². The van der Waals surface area contributed by atoms with Crippen LogP contribution in [-0.2, 0) is 32.1 Å². The molecule has 2 atom stereocenters. The first-order valence-corrected chi connectivity index (χ1v) is 10.1. The minimum absolute atomic E-state index is 0.00155. The predicted molar refractivity (Wildman–Crippen MR) is 113 cm³/mol. The van der Waals surface area contributed by atoms with Crippen LogP contribution in [0.5, 0.6) is 0 Å². The van der Waals surface area contributed by atoms with Gasteiger partial charge in [0.1, 0.15) is 18.4 Å². The number of rotatable bonds is 5. The molecule has 2 unspecified atom stereocenters. The number of aliphatic imine (C=N–C) groups is 2. The van der Waals surface area contributed by atoms with Gasteiger partial charge < -0.3 is 35.1 Å². The molecule has 1 fully saturated rings. The molecule has 31 heavy (non-hydrogen) atoms. The Labute approximate surface area is 181 Å². The van der Waals surface area contributed by atoms with Gasteiger partial charge in [-0.3, -0.25) is 4.90 Å². The summed E-state index contributed by atoms with van der Waals surface area (Å²) in [4.78, 5) is 10.8. The number of nitrogens with zero attached hydrogens (tertiary/aromatic N) is 3. The summed E-state index contributed by atoms with van der Waals surface area (Å²) < 4.78 is 22.8. The Morgan fingerprint density at radius 2 is 1.94 bits per heavy atom. The average molecular weight is 431 g/mol. The van der Waals surface area contributed by atoms with Gasteiger partial charge >= 0.3 is 0 Å². The largest absolute Gasteiger partial charge is 0.468 e. The van der Waals surface area contributed by atoms with Crippen LogP contribution in [-0.4, -0.2) is 59.9 Å². The SMILES string of the molecule is COC1=NC2=C(N)N=C(OCC3COC(C)(C)O3)NC2(C)N1Cc1ccc(CO)cc1. The molecule has 4 N–H and O–H groups in total. The monoisotopic (exact) mass is 431 g/mol. The number of nitrogens with one attached hydrogen (secondary N) is 1. The second-order valence-corrected chi connectivity index (χ2v) is 8.27. The van der Waals surface area contributed by atoms with Crippen LogP contribution in [0.1, 0.15) is 31.9 Å². The van der Waals surface area contributed by atoms with Crippen molar-refractivity contribution in [1.29, 1.82) is 0 Å². The Bertz CT molecular complexity index is 927. The van der Waals surface area contributed by atoms with E-state index >= 15 is 0 Å². The molecule has 0 bridgehead atoms. The predicted octanol–water partition coefficient (Wildman–Crippen LogP) is 0.968. The Morgan fingerprint density at radius 1 is 1.23 bits per heavy atom. The Kier molecular flexibility index (Phi) is 5.54. The first kappa shape index (κ1) is 21.4. The van der Waals surface area contributed by atoms with E-state index in [1.807, 2.05) is 49.9 Å². The van der Waals surface area contributed by atoms with Crippen molar-refractivity contribution in [3.8, 4) is 0 Å². The van der Waals surface area contributed by atoms with Crippen LogP contribution in [0.4, 0.5) is 0 Å². The molecule has 1 aromatic rings. The number of aliphatic hydroxyl groups is 1. The number of ether oxygens (including phenoxy) is 4. The zero-order valence-electron chi connectivity index (χ0n) is 18.2. The normalized spacial score (nSPS) is 26.9. The van der Waals surface area contributed by atoms with Gasteiger partial charge in [-0.2, -0.15) is 9.98 Å². The second-order valence-electron chi connectivity index (χ2n) is 8.27. The molecular weight excluding hydrogens is 402 g/mol. The molecule has 1 aromatic carbocycles. The molecule has 4 rings (SSSR count). The van der Waals surface area contributed by atoms with Gasteiger partial charge in [0.15, 0.2) is 17.3 Å². The smallest absolute Gasteiger partial charge is 0.294 e. The minimum Gasteiger partial charge on any atom is -0.468 e. The Hall–Kier alpha value is -2.82. The zero-order chi connectivity index (χ0) is 22.2. The molecule has 0 saturated carbocycles. The van der Waals surface area contributed by atoms with E-state index in [0.29, 0.717) is 24.9 Å². The molecule has 0 amide bonds. The van der Waals surface area contributed by atoms with Gasteiger partial charge in [0.05, 0.1) is 26.9 Å². The van der Waals surface area contributed by atoms with E-state index in [9.17, 15) is 5.11 Å². The average Bonchev–Trinajstić information content (AvgIpc) is 3.23. The number of benzene rings is 1. The van der Waals surface area contributed by atoms with Crippen molar-refractivity contribution in [1.82, 2.24) is 10.2 Å². The van der Waals surface area contributed by atoms with Crippen LogP contribution in [0.3, 0.4) is 0 Å². The number of fused-ring (bicyclic) bond motifs is 1. The Balaban J connectivity index is 1.51. The molecule has 3 heterocycles. The maximum atomic E-state index is 9.28. The van der Waals surface area contributed by atoms with Crippen LogP contribution in [0.25, 0.3) is 0 Å². The third kappa shape index (κ3) is 4.18. The topological polar surface area (TPSA) is 123 Å². The van der Waals surface area contributed by atoms with Gasteiger partial charge in [-0.1, -0.05) is 24.3 Å². The third-order valence-corrected chi connectivity index (χ3v) is 5.46. The van der Waals surface area contributed by atoms with E-state index in [1.165, 1.54) is 0 Å². The van der Waals surface area contributed by atoms with Crippen molar-refractivity contribution >= 4 is 12.0 Å². The molecule has 10 heteroatoms. The lowest BCUT2D eigenvalue weighted by molar-refractivity contribution is -0.142. The van der Waals surface area contributed by atoms with Crippen molar-refractivity contribution in [3.63, 3.8) is 0 Å². The number of amidine groups is 2. The van der Waals surface area contributed by atoms with Gasteiger partial charge in [-0.25, -0.2) is 0 Å². The molecule has 0 radical (unpaired) electrons. The van der Waals surface area contributed by atoms with Crippen LogP contribution in [0.2, 0.25) is 0 Å². The van der Waals surface area contributed by atoms with Crippen molar-refractivity contribution in [2.45, 2.75) is 51.5 Å². The summed E-state index contributed by atoms with van der Waals surface area (Å²) in [5, 5.41) is 12.6. The number of nitrogens with two attached hydrogens (primary N) is 1. The summed E-state index contributed by atoms with van der Waals surface area (Å²) >= 11 is 0. The first-order valence-electron chi connectivity index (χ1n) is 10.1. The molecular formula is C21H29N5O5. The number of aliphatic hydroxyl groups excluding tert-OH is 1. The third-order valence-electron chi connectivity index (χ3n) is 5.46. The van der Waals surface area contributed by atoms with Crippen LogP contribution < -0.4 is 11.1 Å². The highest BCUT2D eigenvalue weighted by atomic mass is 16.7. The fourth-order valence-electron chi connectivity index (χ4n) is 3.82. The van der Waals surface area contributed by atoms with Crippen molar-refractivity contribution in [2.75, 3.05) is 20.3 Å². The van der Waals surface area contributed by atoms with Gasteiger partial charge in [0.25, 0.3) is 12.0 Å².